The van der Waals surface area contributed by atoms with E-state index >= 15 is 0 Å². The number of carboxylic acid groups (broad SMARTS) is 1. The lowest BCUT2D eigenvalue weighted by Gasteiger charge is -2.37. The highest BCUT2D eigenvalue weighted by Crippen LogP contribution is 2.41. The number of halogens is 2. The molecule has 0 spiro atoms. The monoisotopic (exact) mass is 846 g/mol. The molecule has 8 rings (SSSR count). The minimum absolute atomic E-state index is 0.0299. The summed E-state index contributed by atoms with van der Waals surface area (Å²) in [6.07, 6.45) is 2.94. The van der Waals surface area contributed by atoms with E-state index in [0.717, 1.165) is 50.2 Å². The Labute approximate surface area is 355 Å². The van der Waals surface area contributed by atoms with E-state index in [0.29, 0.717) is 33.9 Å². The number of hydrogen-bond acceptors (Lipinski definition) is 9. The molecule has 2 aliphatic rings. The number of aryl methyl sites for hydroxylation is 2. The second kappa shape index (κ2) is 17.0. The summed E-state index contributed by atoms with van der Waals surface area (Å²) >= 11 is 12.2. The van der Waals surface area contributed by atoms with Crippen LogP contribution >= 0.6 is 23.2 Å². The lowest BCUT2D eigenvalue weighted by atomic mass is 9.91. The van der Waals surface area contributed by atoms with Gasteiger partial charge in [0.1, 0.15) is 31.0 Å². The van der Waals surface area contributed by atoms with Crippen LogP contribution in [-0.2, 0) is 42.6 Å². The summed E-state index contributed by atoms with van der Waals surface area (Å²) in [5.41, 5.74) is 8.06. The lowest BCUT2D eigenvalue weighted by molar-refractivity contribution is -0.142. The maximum absolute atomic E-state index is 14.1. The Morgan fingerprint density at radius 2 is 1.68 bits per heavy atom. The minimum atomic E-state index is -1.26. The molecule has 2 N–H and O–H groups in total. The summed E-state index contributed by atoms with van der Waals surface area (Å²) in [7, 11) is 1.64. The number of carboxylic acids is 1. The molecule has 13 nitrogen and oxygen atoms in total. The van der Waals surface area contributed by atoms with Crippen LogP contribution in [0.2, 0.25) is 10.0 Å². The summed E-state index contributed by atoms with van der Waals surface area (Å²) in [4.78, 5) is 46.4. The van der Waals surface area contributed by atoms with E-state index in [1.54, 1.807) is 25.4 Å². The first-order valence-electron chi connectivity index (χ1n) is 19.2. The highest BCUT2D eigenvalue weighted by molar-refractivity contribution is 6.42. The van der Waals surface area contributed by atoms with E-state index in [9.17, 15) is 19.5 Å². The van der Waals surface area contributed by atoms with E-state index in [1.165, 1.54) is 15.8 Å². The smallest absolute Gasteiger partial charge is 0.326 e. The quantitative estimate of drug-likeness (QED) is 0.136. The van der Waals surface area contributed by atoms with Gasteiger partial charge in [-0.2, -0.15) is 0 Å². The van der Waals surface area contributed by atoms with Gasteiger partial charge >= 0.3 is 5.97 Å². The molecule has 0 aliphatic carbocycles. The van der Waals surface area contributed by atoms with E-state index in [1.807, 2.05) is 86.6 Å². The third-order valence-corrected chi connectivity index (χ3v) is 11.6. The maximum atomic E-state index is 14.1. The number of ether oxygens (including phenoxy) is 3. The summed E-state index contributed by atoms with van der Waals surface area (Å²) in [5, 5.41) is 21.8. The molecule has 0 radical (unpaired) electrons. The zero-order valence-corrected chi connectivity index (χ0v) is 34.4. The SMILES string of the molecule is Cc1nccc(-c2ccc(CC(NC(=O)[C@@H]3Cc4cc5c(cc4CN3C(=O)c3cn(C)nn3)O[C@@H](c3ccc(OCc4ccc(Cl)c(Cl)c4)cc3)CO5)C(=O)O)cc2)c1C. The van der Waals surface area contributed by atoms with Crippen molar-refractivity contribution >= 4 is 41.0 Å². The number of rotatable bonds is 11. The average molecular weight is 848 g/mol. The summed E-state index contributed by atoms with van der Waals surface area (Å²) in [6, 6.07) is 23.7. The van der Waals surface area contributed by atoms with E-state index in [4.69, 9.17) is 37.4 Å². The Bertz CT molecular complexity index is 2600. The van der Waals surface area contributed by atoms with Crippen LogP contribution in [0.15, 0.2) is 97.3 Å². The topological polar surface area (TPSA) is 158 Å². The first kappa shape index (κ1) is 40.3. The van der Waals surface area contributed by atoms with E-state index in [2.05, 4.69) is 20.6 Å². The van der Waals surface area contributed by atoms with Crippen molar-refractivity contribution in [3.05, 3.63) is 152 Å². The summed E-state index contributed by atoms with van der Waals surface area (Å²) in [6.45, 7) is 4.54. The Hall–Kier alpha value is -6.44. The molecule has 60 heavy (non-hydrogen) atoms. The molecule has 4 heterocycles. The lowest BCUT2D eigenvalue weighted by Crippen LogP contribution is -2.56. The summed E-state index contributed by atoms with van der Waals surface area (Å²) in [5.74, 6) is -0.667. The second-order valence-corrected chi connectivity index (χ2v) is 15.7. The number of carbonyl (C=O) groups excluding carboxylic acids is 2. The molecule has 0 saturated heterocycles. The van der Waals surface area contributed by atoms with Crippen molar-refractivity contribution in [2.75, 3.05) is 6.61 Å². The van der Waals surface area contributed by atoms with Crippen molar-refractivity contribution in [2.24, 2.45) is 7.05 Å². The molecule has 0 bridgehead atoms. The van der Waals surface area contributed by atoms with Gasteiger partial charge in [-0.05, 0) is 101 Å². The molecule has 0 fully saturated rings. The van der Waals surface area contributed by atoms with E-state index < -0.39 is 36.0 Å². The van der Waals surface area contributed by atoms with Gasteiger partial charge in [0.15, 0.2) is 23.3 Å². The van der Waals surface area contributed by atoms with Gasteiger partial charge in [-0.3, -0.25) is 19.3 Å². The average Bonchev–Trinajstić information content (AvgIpc) is 3.69. The van der Waals surface area contributed by atoms with Gasteiger partial charge in [0.05, 0.1) is 16.2 Å². The highest BCUT2D eigenvalue weighted by Gasteiger charge is 2.39. The number of pyridine rings is 1. The number of carbonyl (C=O) groups is 3. The number of benzene rings is 4. The minimum Gasteiger partial charge on any atom is -0.489 e. The van der Waals surface area contributed by atoms with Gasteiger partial charge in [-0.1, -0.05) is 70.9 Å². The fourth-order valence-corrected chi connectivity index (χ4v) is 7.73. The molecule has 0 saturated carbocycles. The van der Waals surface area contributed by atoms with Crippen molar-refractivity contribution in [2.45, 2.75) is 58.0 Å². The van der Waals surface area contributed by atoms with Crippen LogP contribution in [0.5, 0.6) is 17.2 Å². The third-order valence-electron chi connectivity index (χ3n) is 10.9. The molecule has 15 heteroatoms. The molecule has 2 aliphatic heterocycles. The largest absolute Gasteiger partial charge is 0.489 e. The van der Waals surface area contributed by atoms with Crippen LogP contribution in [0, 0.1) is 13.8 Å². The molecular formula is C45H40Cl2N6O7. The van der Waals surface area contributed by atoms with Gasteiger partial charge < -0.3 is 29.5 Å². The normalized spacial score (nSPS) is 16.1. The number of aliphatic carboxylic acids is 1. The van der Waals surface area contributed by atoms with Crippen LogP contribution in [0.1, 0.15) is 55.7 Å². The van der Waals surface area contributed by atoms with Crippen molar-refractivity contribution in [3.8, 4) is 28.4 Å². The molecule has 6 aromatic rings. The molecule has 2 amide bonds. The third kappa shape index (κ3) is 8.63. The molecule has 4 aromatic carbocycles. The Kier molecular flexibility index (Phi) is 11.5. The van der Waals surface area contributed by atoms with Crippen molar-refractivity contribution in [1.29, 1.82) is 0 Å². The maximum Gasteiger partial charge on any atom is 0.326 e. The first-order valence-corrected chi connectivity index (χ1v) is 20.0. The van der Waals surface area contributed by atoms with Gasteiger partial charge in [0.25, 0.3) is 5.91 Å². The molecule has 3 atom stereocenters. The van der Waals surface area contributed by atoms with Gasteiger partial charge in [0, 0.05) is 38.3 Å². The first-order chi connectivity index (χ1) is 28.9. The predicted molar refractivity (Wildman–Crippen MR) is 223 cm³/mol. The number of hydrogen-bond donors (Lipinski definition) is 2. The van der Waals surface area contributed by atoms with Crippen molar-refractivity contribution in [1.82, 2.24) is 30.2 Å². The predicted octanol–water partition coefficient (Wildman–Crippen LogP) is 7.27. The highest BCUT2D eigenvalue weighted by atomic mass is 35.5. The van der Waals surface area contributed by atoms with Gasteiger partial charge in [-0.25, -0.2) is 4.79 Å². The zero-order valence-electron chi connectivity index (χ0n) is 32.9. The molecule has 306 valence electrons. The van der Waals surface area contributed by atoms with E-state index in [-0.39, 0.29) is 31.7 Å². The van der Waals surface area contributed by atoms with Crippen molar-refractivity contribution < 1.29 is 33.7 Å². The van der Waals surface area contributed by atoms with Crippen LogP contribution < -0.4 is 19.5 Å². The Balaban J connectivity index is 0.980. The second-order valence-electron chi connectivity index (χ2n) is 14.9. The number of aromatic nitrogens is 4. The molecule has 1 unspecified atom stereocenters. The number of nitrogens with one attached hydrogen (secondary N) is 1. The summed E-state index contributed by atoms with van der Waals surface area (Å²) < 4.78 is 20.0. The van der Waals surface area contributed by atoms with Crippen LogP contribution in [0.3, 0.4) is 0 Å². The molecule has 2 aromatic heterocycles. The van der Waals surface area contributed by atoms with Crippen molar-refractivity contribution in [3.63, 3.8) is 0 Å². The Morgan fingerprint density at radius 3 is 2.40 bits per heavy atom. The van der Waals surface area contributed by atoms with Crippen LogP contribution in [0.25, 0.3) is 11.1 Å². The van der Waals surface area contributed by atoms with Crippen LogP contribution in [0.4, 0.5) is 0 Å². The fourth-order valence-electron chi connectivity index (χ4n) is 7.41. The Morgan fingerprint density at radius 1 is 0.933 bits per heavy atom. The standard InChI is InChI=1S/C45H40Cl2N6O7/c1-25-26(2)48-15-14-34(25)29-7-4-27(5-8-29)17-37(45(56)57)49-43(54)39-18-31-19-40-41(20-32(31)21-53(39)44(55)38-22-52(3)51-50-38)60-42(24-59-40)30-9-11-33(12-10-30)58-23-28-6-13-35(46)36(47)16-28/h4-16,19-20,22,37,39,42H,17-18,21,23-24H2,1-3H3,(H,49,54)(H,56,57)/t37?,39-,42+/m0/s1. The number of fused-ring (bicyclic) bond motifs is 2. The van der Waals surface area contributed by atoms with Gasteiger partial charge in [0.2, 0.25) is 5.91 Å². The van der Waals surface area contributed by atoms with Gasteiger partial charge in [-0.15, -0.1) is 5.10 Å². The number of nitrogens with zero attached hydrogens (tertiary/aromatic N) is 5. The van der Waals surface area contributed by atoms with Crippen LogP contribution in [-0.4, -0.2) is 66.5 Å². The zero-order chi connectivity index (χ0) is 42.1. The number of amides is 2. The molecular weight excluding hydrogens is 807 g/mol. The fraction of sp³-hybridized carbons (Fsp3) is 0.244.